The molecule has 0 rings (SSSR count). The third-order valence-corrected chi connectivity index (χ3v) is 0. The van der Waals surface area contributed by atoms with E-state index in [-0.39, 0.29) is 102 Å². The van der Waals surface area contributed by atoms with Gasteiger partial charge in [0.15, 0.2) is 0 Å². The second kappa shape index (κ2) is 16.5. The van der Waals surface area contributed by atoms with Crippen LogP contribution in [0.1, 0.15) is 0 Å². The molecule has 0 saturated carbocycles. The summed E-state index contributed by atoms with van der Waals surface area (Å²) >= 11 is 0. The Labute approximate surface area is 99.8 Å². The average Bonchev–Trinajstić information content (AvgIpc) is 0. The maximum Gasteiger partial charge on any atom is 0 e. The number of rotatable bonds is 0. The van der Waals surface area contributed by atoms with Crippen molar-refractivity contribution < 1.29 is 0 Å². The SMILES string of the molecule is Br.Br.Br.[K]. The van der Waals surface area contributed by atoms with Gasteiger partial charge in [-0.2, -0.15) is 0 Å². The standard InChI is InChI=1S/3BrH.K/h3*1H;. The van der Waals surface area contributed by atoms with Gasteiger partial charge in [-0.3, -0.25) is 0 Å². The molecule has 0 amide bonds. The summed E-state index contributed by atoms with van der Waals surface area (Å²) in [6.07, 6.45) is 0. The molecular formula is H3Br3K. The van der Waals surface area contributed by atoms with Crippen molar-refractivity contribution in [3.63, 3.8) is 0 Å². The molecule has 0 N–H and O–H groups in total. The molecule has 1 radical (unpaired) electrons. The fourth-order valence-corrected chi connectivity index (χ4v) is 0. The van der Waals surface area contributed by atoms with Crippen LogP contribution in [0.4, 0.5) is 0 Å². The minimum atomic E-state index is 0. The molecule has 0 bridgehead atoms. The van der Waals surface area contributed by atoms with Crippen LogP contribution in [0, 0.1) is 0 Å². The summed E-state index contributed by atoms with van der Waals surface area (Å²) in [4.78, 5) is 0. The Morgan fingerprint density at radius 1 is 0.500 bits per heavy atom. The van der Waals surface area contributed by atoms with Gasteiger partial charge in [0, 0.05) is 51.4 Å². The molecule has 0 saturated heterocycles. The van der Waals surface area contributed by atoms with Gasteiger partial charge in [0.05, 0.1) is 0 Å². The summed E-state index contributed by atoms with van der Waals surface area (Å²) in [6, 6.07) is 0. The molecule has 4 heavy (non-hydrogen) atoms. The van der Waals surface area contributed by atoms with Gasteiger partial charge in [0.2, 0.25) is 0 Å². The van der Waals surface area contributed by atoms with E-state index in [0.29, 0.717) is 0 Å². The van der Waals surface area contributed by atoms with Gasteiger partial charge in [-0.1, -0.05) is 0 Å². The first-order chi connectivity index (χ1) is 0. The zero-order valence-corrected chi connectivity index (χ0v) is 10.5. The van der Waals surface area contributed by atoms with Crippen molar-refractivity contribution in [3.05, 3.63) is 0 Å². The third kappa shape index (κ3) is 8.91. The number of hydrogen-bond donors (Lipinski definition) is 0. The van der Waals surface area contributed by atoms with Crippen LogP contribution in [0.2, 0.25) is 0 Å². The quantitative estimate of drug-likeness (QED) is 0.588. The van der Waals surface area contributed by atoms with Crippen molar-refractivity contribution in [2.24, 2.45) is 0 Å². The van der Waals surface area contributed by atoms with E-state index in [2.05, 4.69) is 0 Å². The van der Waals surface area contributed by atoms with Crippen LogP contribution in [-0.2, 0) is 0 Å². The van der Waals surface area contributed by atoms with Gasteiger partial charge in [0.1, 0.15) is 0 Å². The maximum atomic E-state index is 0. The van der Waals surface area contributed by atoms with Gasteiger partial charge in [-0.15, -0.1) is 50.9 Å². The van der Waals surface area contributed by atoms with Crippen molar-refractivity contribution in [2.45, 2.75) is 0 Å². The number of halogens is 3. The Bertz CT molecular complexity index is 3.25. The fourth-order valence-electron chi connectivity index (χ4n) is 0. The van der Waals surface area contributed by atoms with Crippen LogP contribution in [0.5, 0.6) is 0 Å². The maximum absolute atomic E-state index is 0. The largest absolute Gasteiger partial charge is 0.114 e. The summed E-state index contributed by atoms with van der Waals surface area (Å²) in [5, 5.41) is 0. The molecule has 4 heteroatoms. The average molecular weight is 282 g/mol. The molecule has 0 aromatic rings. The monoisotopic (exact) mass is 279 g/mol. The van der Waals surface area contributed by atoms with Crippen LogP contribution < -0.4 is 0 Å². The Morgan fingerprint density at radius 2 is 0.500 bits per heavy atom. The van der Waals surface area contributed by atoms with E-state index in [4.69, 9.17) is 0 Å². The second-order valence-electron chi connectivity index (χ2n) is 0. The molecule has 0 spiro atoms. The first kappa shape index (κ1) is 27.6. The molecule has 0 aromatic heterocycles. The van der Waals surface area contributed by atoms with E-state index in [0.717, 1.165) is 0 Å². The van der Waals surface area contributed by atoms with E-state index < -0.39 is 0 Å². The topological polar surface area (TPSA) is 0 Å². The van der Waals surface area contributed by atoms with Crippen LogP contribution in [0.25, 0.3) is 0 Å². The summed E-state index contributed by atoms with van der Waals surface area (Å²) < 4.78 is 0. The Morgan fingerprint density at radius 3 is 0.500 bits per heavy atom. The van der Waals surface area contributed by atoms with E-state index in [1.165, 1.54) is 0 Å². The zero-order valence-electron chi connectivity index (χ0n) is 2.22. The minimum Gasteiger partial charge on any atom is -0.114 e. The Kier molecular flexibility index (Phi) is 114. The van der Waals surface area contributed by atoms with Crippen LogP contribution >= 0.6 is 50.9 Å². The number of hydrogen-bond acceptors (Lipinski definition) is 0. The molecule has 0 unspecified atom stereocenters. The molecule has 0 aromatic carbocycles. The van der Waals surface area contributed by atoms with Gasteiger partial charge in [0.25, 0.3) is 0 Å². The third-order valence-electron chi connectivity index (χ3n) is 0. The van der Waals surface area contributed by atoms with Crippen molar-refractivity contribution >= 4 is 102 Å². The molecule has 0 fully saturated rings. The van der Waals surface area contributed by atoms with Gasteiger partial charge < -0.3 is 0 Å². The Hall–Kier alpha value is 3.08. The van der Waals surface area contributed by atoms with Crippen molar-refractivity contribution in [2.75, 3.05) is 0 Å². The Balaban J connectivity index is 0. The summed E-state index contributed by atoms with van der Waals surface area (Å²) in [5.74, 6) is 0. The molecule has 0 aliphatic rings. The van der Waals surface area contributed by atoms with Crippen molar-refractivity contribution in [3.8, 4) is 0 Å². The summed E-state index contributed by atoms with van der Waals surface area (Å²) in [5.41, 5.74) is 0. The predicted molar refractivity (Wildman–Crippen MR) is 36.7 cm³/mol. The second-order valence-corrected chi connectivity index (χ2v) is 0. The van der Waals surface area contributed by atoms with Crippen LogP contribution in [0.3, 0.4) is 0 Å². The van der Waals surface area contributed by atoms with E-state index >= 15 is 0 Å². The molecule has 0 aliphatic heterocycles. The van der Waals surface area contributed by atoms with Gasteiger partial charge >= 0.3 is 0 Å². The first-order valence-electron chi connectivity index (χ1n) is 0. The predicted octanol–water partition coefficient (Wildman–Crippen LogP) is 1.35. The molecule has 25 valence electrons. The molecular weight excluding hydrogens is 279 g/mol. The molecule has 0 aliphatic carbocycles. The van der Waals surface area contributed by atoms with Gasteiger partial charge in [-0.25, -0.2) is 0 Å². The fraction of sp³-hybridized carbons (Fsp3) is 0. The van der Waals surface area contributed by atoms with Crippen LogP contribution in [0.15, 0.2) is 0 Å². The molecule has 0 atom stereocenters. The minimum absolute atomic E-state index is 0. The van der Waals surface area contributed by atoms with E-state index in [1.807, 2.05) is 0 Å². The molecule has 0 heterocycles. The first-order valence-corrected chi connectivity index (χ1v) is 0. The normalized spacial score (nSPS) is 0. The van der Waals surface area contributed by atoms with Crippen LogP contribution in [-0.4, -0.2) is 51.4 Å². The van der Waals surface area contributed by atoms with Gasteiger partial charge in [-0.05, 0) is 0 Å². The smallest absolute Gasteiger partial charge is 0 e. The van der Waals surface area contributed by atoms with Crippen molar-refractivity contribution in [1.82, 2.24) is 0 Å². The van der Waals surface area contributed by atoms with E-state index in [1.54, 1.807) is 0 Å². The summed E-state index contributed by atoms with van der Waals surface area (Å²) in [7, 11) is 0. The van der Waals surface area contributed by atoms with E-state index in [9.17, 15) is 0 Å². The molecule has 0 nitrogen and oxygen atoms in total. The zero-order chi connectivity index (χ0) is 0. The van der Waals surface area contributed by atoms with Crippen molar-refractivity contribution in [1.29, 1.82) is 0 Å². The summed E-state index contributed by atoms with van der Waals surface area (Å²) in [6.45, 7) is 0.